The number of hydrogen-bond acceptors (Lipinski definition) is 3. The molecule has 1 aliphatic heterocycles. The van der Waals surface area contributed by atoms with Crippen LogP contribution in [-0.4, -0.2) is 31.2 Å². The number of hydrogen-bond donors (Lipinski definition) is 1. The van der Waals surface area contributed by atoms with Crippen LogP contribution in [0.4, 0.5) is 0 Å². The van der Waals surface area contributed by atoms with Gasteiger partial charge in [-0.15, -0.1) is 0 Å². The molecular formula is C4H9N2O-. The van der Waals surface area contributed by atoms with E-state index in [1.165, 1.54) is 0 Å². The Hall–Kier alpha value is -0.120. The van der Waals surface area contributed by atoms with E-state index in [-0.39, 0.29) is 0 Å². The summed E-state index contributed by atoms with van der Waals surface area (Å²) in [6.45, 7) is 1.33. The summed E-state index contributed by atoms with van der Waals surface area (Å²) >= 11 is 0. The Kier molecular flexibility index (Phi) is 1.27. The third-order valence-corrected chi connectivity index (χ3v) is 1.26. The summed E-state index contributed by atoms with van der Waals surface area (Å²) in [4.78, 5) is 0. The second kappa shape index (κ2) is 1.78. The molecule has 0 saturated carbocycles. The Morgan fingerprint density at radius 2 is 2.29 bits per heavy atom. The summed E-state index contributed by atoms with van der Waals surface area (Å²) in [7, 11) is 1.87. The van der Waals surface area contributed by atoms with E-state index < -0.39 is 0 Å². The van der Waals surface area contributed by atoms with Crippen molar-refractivity contribution in [2.75, 3.05) is 20.1 Å². The quantitative estimate of drug-likeness (QED) is 0.478. The monoisotopic (exact) mass is 101 g/mol. The van der Waals surface area contributed by atoms with Gasteiger partial charge >= 0.3 is 0 Å². The topological polar surface area (TPSA) is 38.3 Å². The Morgan fingerprint density at radius 1 is 1.71 bits per heavy atom. The lowest BCUT2D eigenvalue weighted by Crippen LogP contribution is -2.53. The highest BCUT2D eigenvalue weighted by Gasteiger charge is 2.15. The first kappa shape index (κ1) is 5.03. The molecule has 0 aromatic carbocycles. The van der Waals surface area contributed by atoms with Gasteiger partial charge in [0.2, 0.25) is 0 Å². The van der Waals surface area contributed by atoms with Crippen LogP contribution in [-0.2, 0) is 0 Å². The first-order chi connectivity index (χ1) is 3.33. The molecule has 0 atom stereocenters. The van der Waals surface area contributed by atoms with Crippen molar-refractivity contribution in [2.45, 2.75) is 6.04 Å². The predicted molar refractivity (Wildman–Crippen MR) is 27.8 cm³/mol. The fourth-order valence-electron chi connectivity index (χ4n) is 0.621. The van der Waals surface area contributed by atoms with Crippen molar-refractivity contribution in [1.82, 2.24) is 10.4 Å². The summed E-state index contributed by atoms with van der Waals surface area (Å²) in [5.74, 6) is 0. The lowest BCUT2D eigenvalue weighted by atomic mass is 10.2. The number of nitrogens with zero attached hydrogens (tertiary/aromatic N) is 1. The molecule has 7 heavy (non-hydrogen) atoms. The van der Waals surface area contributed by atoms with Gasteiger partial charge in [0.15, 0.2) is 0 Å². The number of nitrogens with one attached hydrogen (secondary N) is 1. The summed E-state index contributed by atoms with van der Waals surface area (Å²) in [5.41, 5.74) is 0. The minimum atomic E-state index is 0.456. The van der Waals surface area contributed by atoms with E-state index >= 15 is 0 Å². The van der Waals surface area contributed by atoms with Crippen molar-refractivity contribution in [1.29, 1.82) is 0 Å². The lowest BCUT2D eigenvalue weighted by molar-refractivity contribution is 0.197. The van der Waals surface area contributed by atoms with Crippen LogP contribution in [0.2, 0.25) is 0 Å². The normalized spacial score (nSPS) is 24.9. The molecule has 1 aliphatic rings. The van der Waals surface area contributed by atoms with Crippen molar-refractivity contribution < 1.29 is 0 Å². The molecule has 1 fully saturated rings. The molecule has 1 rings (SSSR count). The van der Waals surface area contributed by atoms with E-state index in [9.17, 15) is 5.21 Å². The zero-order chi connectivity index (χ0) is 5.28. The maximum absolute atomic E-state index is 10.1. The SMILES string of the molecule is CNC1CN([O-])C1. The third kappa shape index (κ3) is 0.907. The second-order valence-electron chi connectivity index (χ2n) is 1.83. The average molecular weight is 101 g/mol. The van der Waals surface area contributed by atoms with E-state index in [4.69, 9.17) is 0 Å². The number of likely N-dealkylation sites (N-methyl/N-ethyl adjacent to an activating group) is 1. The van der Waals surface area contributed by atoms with Crippen LogP contribution >= 0.6 is 0 Å². The Morgan fingerprint density at radius 3 is 2.43 bits per heavy atom. The predicted octanol–water partition coefficient (Wildman–Crippen LogP) is -0.612. The Bertz CT molecular complexity index is 60.7. The first-order valence-electron chi connectivity index (χ1n) is 2.42. The van der Waals surface area contributed by atoms with Gasteiger partial charge in [-0.25, -0.2) is 0 Å². The molecule has 0 bridgehead atoms. The van der Waals surface area contributed by atoms with Gasteiger partial charge < -0.3 is 15.6 Å². The van der Waals surface area contributed by atoms with Gasteiger partial charge in [-0.05, 0) is 7.05 Å². The summed E-state index contributed by atoms with van der Waals surface area (Å²) in [6, 6.07) is 0.456. The van der Waals surface area contributed by atoms with Crippen molar-refractivity contribution in [2.24, 2.45) is 0 Å². The van der Waals surface area contributed by atoms with Crippen LogP contribution in [0.5, 0.6) is 0 Å². The Labute approximate surface area is 42.9 Å². The molecule has 0 amide bonds. The van der Waals surface area contributed by atoms with E-state index in [0.29, 0.717) is 19.1 Å². The third-order valence-electron chi connectivity index (χ3n) is 1.26. The van der Waals surface area contributed by atoms with Crippen molar-refractivity contribution >= 4 is 0 Å². The standard InChI is InChI=1S/C4H9N2O/c1-5-4-2-6(7)3-4/h4-5H,2-3H2,1H3/q-1. The van der Waals surface area contributed by atoms with Crippen molar-refractivity contribution in [3.63, 3.8) is 0 Å². The molecule has 3 nitrogen and oxygen atoms in total. The van der Waals surface area contributed by atoms with Crippen LogP contribution < -0.4 is 5.32 Å². The van der Waals surface area contributed by atoms with Gasteiger partial charge in [-0.3, -0.25) is 0 Å². The molecule has 0 spiro atoms. The molecule has 1 heterocycles. The maximum Gasteiger partial charge on any atom is 0.0301 e. The highest BCUT2D eigenvalue weighted by Crippen LogP contribution is 2.02. The maximum atomic E-state index is 10.1. The van der Waals surface area contributed by atoms with Crippen LogP contribution in [0.3, 0.4) is 0 Å². The van der Waals surface area contributed by atoms with E-state index in [1.54, 1.807) is 0 Å². The average Bonchev–Trinajstić information content (AvgIpc) is 1.58. The fraction of sp³-hybridized carbons (Fsp3) is 1.00. The minimum absolute atomic E-state index is 0.456. The molecule has 0 unspecified atom stereocenters. The van der Waals surface area contributed by atoms with Crippen LogP contribution in [0, 0.1) is 5.21 Å². The molecule has 0 aromatic heterocycles. The molecule has 0 radical (unpaired) electrons. The highest BCUT2D eigenvalue weighted by molar-refractivity contribution is 4.84. The Balaban J connectivity index is 2.06. The largest absolute Gasteiger partial charge is 0.785 e. The van der Waals surface area contributed by atoms with Crippen LogP contribution in [0.1, 0.15) is 0 Å². The summed E-state index contributed by atoms with van der Waals surface area (Å²) < 4.78 is 0. The molecule has 1 saturated heterocycles. The smallest absolute Gasteiger partial charge is 0.0301 e. The van der Waals surface area contributed by atoms with Crippen molar-refractivity contribution in [3.8, 4) is 0 Å². The van der Waals surface area contributed by atoms with Crippen molar-refractivity contribution in [3.05, 3.63) is 5.21 Å². The van der Waals surface area contributed by atoms with E-state index in [2.05, 4.69) is 5.32 Å². The van der Waals surface area contributed by atoms with Gasteiger partial charge in [0, 0.05) is 19.1 Å². The minimum Gasteiger partial charge on any atom is -0.785 e. The zero-order valence-electron chi connectivity index (χ0n) is 4.35. The van der Waals surface area contributed by atoms with Crippen LogP contribution in [0.15, 0.2) is 0 Å². The van der Waals surface area contributed by atoms with Gasteiger partial charge in [0.1, 0.15) is 0 Å². The van der Waals surface area contributed by atoms with Gasteiger partial charge in [-0.2, -0.15) is 0 Å². The number of rotatable bonds is 1. The zero-order valence-corrected chi connectivity index (χ0v) is 4.35. The fourth-order valence-corrected chi connectivity index (χ4v) is 0.621. The molecular weight excluding hydrogens is 92.1 g/mol. The molecule has 1 N–H and O–H groups in total. The molecule has 0 aromatic rings. The first-order valence-corrected chi connectivity index (χ1v) is 2.42. The van der Waals surface area contributed by atoms with E-state index in [0.717, 1.165) is 5.06 Å². The highest BCUT2D eigenvalue weighted by atomic mass is 16.5. The summed E-state index contributed by atoms with van der Waals surface area (Å²) in [6.07, 6.45) is 0. The second-order valence-corrected chi connectivity index (χ2v) is 1.83. The van der Waals surface area contributed by atoms with Gasteiger partial charge in [0.05, 0.1) is 0 Å². The summed E-state index contributed by atoms with van der Waals surface area (Å²) in [5, 5.41) is 14.2. The van der Waals surface area contributed by atoms with Crippen LogP contribution in [0.25, 0.3) is 0 Å². The molecule has 0 aliphatic carbocycles. The lowest BCUT2D eigenvalue weighted by Gasteiger charge is -2.44. The number of hydroxylamine groups is 2. The molecule has 3 heteroatoms. The van der Waals surface area contributed by atoms with Gasteiger partial charge in [-0.1, -0.05) is 0 Å². The van der Waals surface area contributed by atoms with Gasteiger partial charge in [0.25, 0.3) is 0 Å². The van der Waals surface area contributed by atoms with E-state index in [1.807, 2.05) is 7.05 Å². The molecule has 42 valence electrons.